The van der Waals surface area contributed by atoms with Crippen molar-refractivity contribution in [2.24, 2.45) is 0 Å². The molecule has 2 aromatic rings. The molecule has 0 radical (unpaired) electrons. The first kappa shape index (κ1) is 13.8. The van der Waals surface area contributed by atoms with Gasteiger partial charge in [0.2, 0.25) is 10.0 Å². The van der Waals surface area contributed by atoms with Crippen molar-refractivity contribution in [1.82, 2.24) is 9.71 Å². The lowest BCUT2D eigenvalue weighted by atomic mass is 10.2. The third kappa shape index (κ3) is 3.21. The molecule has 0 fully saturated rings. The fourth-order valence-corrected chi connectivity index (χ4v) is 2.63. The van der Waals surface area contributed by atoms with Crippen LogP contribution in [0.15, 0.2) is 40.0 Å². The van der Waals surface area contributed by atoms with Gasteiger partial charge < -0.3 is 4.42 Å². The summed E-state index contributed by atoms with van der Waals surface area (Å²) in [5.74, 6) is 0.522. The minimum absolute atomic E-state index is 0.101. The molecule has 5 nitrogen and oxygen atoms in total. The van der Waals surface area contributed by atoms with Crippen molar-refractivity contribution in [3.05, 3.63) is 47.7 Å². The lowest BCUT2D eigenvalue weighted by Gasteiger charge is -2.06. The van der Waals surface area contributed by atoms with Gasteiger partial charge in [0.25, 0.3) is 0 Å². The molecule has 0 aliphatic carbocycles. The molecule has 0 aliphatic rings. The Morgan fingerprint density at radius 1 is 1.26 bits per heavy atom. The predicted molar refractivity (Wildman–Crippen MR) is 71.1 cm³/mol. The van der Waals surface area contributed by atoms with Crippen molar-refractivity contribution >= 4 is 10.0 Å². The average Bonchev–Trinajstić information content (AvgIpc) is 2.82. The van der Waals surface area contributed by atoms with Crippen LogP contribution in [-0.2, 0) is 23.0 Å². The van der Waals surface area contributed by atoms with E-state index in [-0.39, 0.29) is 11.4 Å². The number of hydrogen-bond donors (Lipinski definition) is 1. The summed E-state index contributed by atoms with van der Waals surface area (Å²) in [6.07, 6.45) is 2.18. The van der Waals surface area contributed by atoms with Crippen LogP contribution in [0.2, 0.25) is 0 Å². The van der Waals surface area contributed by atoms with Crippen molar-refractivity contribution < 1.29 is 12.8 Å². The molecular formula is C13H16N2O3S. The number of rotatable bonds is 5. The molecule has 0 bridgehead atoms. The number of hydrogen-bond acceptors (Lipinski definition) is 4. The maximum Gasteiger partial charge on any atom is 0.240 e. The minimum atomic E-state index is -3.52. The predicted octanol–water partition coefficient (Wildman–Crippen LogP) is 2.02. The second-order valence-electron chi connectivity index (χ2n) is 4.18. The molecule has 0 aliphatic heterocycles. The molecular weight excluding hydrogens is 264 g/mol. The molecule has 0 spiro atoms. The summed E-state index contributed by atoms with van der Waals surface area (Å²) in [5, 5.41) is 0. The molecule has 0 saturated carbocycles. The van der Waals surface area contributed by atoms with Crippen molar-refractivity contribution in [1.29, 1.82) is 0 Å². The largest absolute Gasteiger partial charge is 0.447 e. The van der Waals surface area contributed by atoms with E-state index in [1.54, 1.807) is 19.1 Å². The fraction of sp³-hybridized carbons (Fsp3) is 0.308. The Balaban J connectivity index is 2.11. The van der Waals surface area contributed by atoms with E-state index in [1.807, 2.05) is 19.1 Å². The van der Waals surface area contributed by atoms with Crippen LogP contribution in [-0.4, -0.2) is 13.4 Å². The van der Waals surface area contributed by atoms with Crippen LogP contribution < -0.4 is 4.72 Å². The van der Waals surface area contributed by atoms with Crippen molar-refractivity contribution in [3.63, 3.8) is 0 Å². The lowest BCUT2D eigenvalue weighted by Crippen LogP contribution is -2.23. The van der Waals surface area contributed by atoms with E-state index in [2.05, 4.69) is 9.71 Å². The monoisotopic (exact) mass is 280 g/mol. The zero-order chi connectivity index (χ0) is 13.9. The fourth-order valence-electron chi connectivity index (χ4n) is 1.64. The van der Waals surface area contributed by atoms with E-state index in [1.165, 1.54) is 6.39 Å². The maximum atomic E-state index is 12.1. The maximum absolute atomic E-state index is 12.1. The van der Waals surface area contributed by atoms with Crippen LogP contribution in [0, 0.1) is 6.92 Å². The van der Waals surface area contributed by atoms with Crippen LogP contribution in [0.4, 0.5) is 0 Å². The second-order valence-corrected chi connectivity index (χ2v) is 5.95. The van der Waals surface area contributed by atoms with Crippen molar-refractivity contribution in [3.8, 4) is 0 Å². The molecule has 6 heteroatoms. The Morgan fingerprint density at radius 2 is 1.95 bits per heavy atom. The summed E-state index contributed by atoms with van der Waals surface area (Å²) in [7, 11) is -3.52. The van der Waals surface area contributed by atoms with E-state index in [0.29, 0.717) is 11.5 Å². The SMILES string of the molecule is CCc1ccc(S(=O)(=O)NCc2ocnc2C)cc1. The Labute approximate surface area is 112 Å². The number of sulfonamides is 1. The van der Waals surface area contributed by atoms with Gasteiger partial charge in [-0.1, -0.05) is 19.1 Å². The first-order valence-electron chi connectivity index (χ1n) is 6.00. The van der Waals surface area contributed by atoms with Crippen LogP contribution >= 0.6 is 0 Å². The van der Waals surface area contributed by atoms with Gasteiger partial charge in [0, 0.05) is 0 Å². The third-order valence-corrected chi connectivity index (χ3v) is 4.33. The molecule has 2 rings (SSSR count). The molecule has 1 aromatic carbocycles. The molecule has 0 saturated heterocycles. The number of nitrogens with zero attached hydrogens (tertiary/aromatic N) is 1. The standard InChI is InChI=1S/C13H16N2O3S/c1-3-11-4-6-12(7-5-11)19(16,17)15-8-13-10(2)14-9-18-13/h4-7,9,15H,3,8H2,1-2H3. The number of nitrogens with one attached hydrogen (secondary N) is 1. The van der Waals surface area contributed by atoms with E-state index in [4.69, 9.17) is 4.42 Å². The summed E-state index contributed by atoms with van der Waals surface area (Å²) in [6.45, 7) is 3.89. The Kier molecular flexibility index (Phi) is 4.01. The van der Waals surface area contributed by atoms with Gasteiger partial charge >= 0.3 is 0 Å². The molecule has 1 N–H and O–H groups in total. The second kappa shape index (κ2) is 5.54. The quantitative estimate of drug-likeness (QED) is 0.909. The van der Waals surface area contributed by atoms with Crippen molar-refractivity contribution in [2.75, 3.05) is 0 Å². The minimum Gasteiger partial charge on any atom is -0.447 e. The van der Waals surface area contributed by atoms with Crippen LogP contribution in [0.1, 0.15) is 23.9 Å². The number of aryl methyl sites for hydroxylation is 2. The third-order valence-electron chi connectivity index (χ3n) is 2.91. The van der Waals surface area contributed by atoms with Crippen LogP contribution in [0.3, 0.4) is 0 Å². The molecule has 0 unspecified atom stereocenters. The zero-order valence-corrected chi connectivity index (χ0v) is 11.7. The summed E-state index contributed by atoms with van der Waals surface area (Å²) < 4.78 is 31.7. The van der Waals surface area contributed by atoms with E-state index >= 15 is 0 Å². The smallest absolute Gasteiger partial charge is 0.240 e. The highest BCUT2D eigenvalue weighted by Gasteiger charge is 2.15. The summed E-state index contributed by atoms with van der Waals surface area (Å²) in [5.41, 5.74) is 1.79. The highest BCUT2D eigenvalue weighted by Crippen LogP contribution is 2.12. The molecule has 19 heavy (non-hydrogen) atoms. The normalized spacial score (nSPS) is 11.7. The number of aromatic nitrogens is 1. The molecule has 1 aromatic heterocycles. The molecule has 1 heterocycles. The first-order valence-corrected chi connectivity index (χ1v) is 7.49. The lowest BCUT2D eigenvalue weighted by molar-refractivity contribution is 0.492. The zero-order valence-electron chi connectivity index (χ0n) is 10.9. The summed E-state index contributed by atoms with van der Waals surface area (Å²) in [4.78, 5) is 4.16. The van der Waals surface area contributed by atoms with Gasteiger partial charge in [0.05, 0.1) is 17.1 Å². The molecule has 0 atom stereocenters. The highest BCUT2D eigenvalue weighted by atomic mass is 32.2. The summed E-state index contributed by atoms with van der Waals surface area (Å²) in [6, 6.07) is 6.84. The number of benzene rings is 1. The molecule has 102 valence electrons. The van der Waals surface area contributed by atoms with Gasteiger partial charge in [-0.2, -0.15) is 0 Å². The Hall–Kier alpha value is -1.66. The van der Waals surface area contributed by atoms with Crippen LogP contribution in [0.25, 0.3) is 0 Å². The van der Waals surface area contributed by atoms with Gasteiger partial charge in [-0.05, 0) is 31.0 Å². The van der Waals surface area contributed by atoms with Gasteiger partial charge in [0.1, 0.15) is 5.76 Å². The van der Waals surface area contributed by atoms with Gasteiger partial charge in [-0.15, -0.1) is 0 Å². The van der Waals surface area contributed by atoms with Crippen LogP contribution in [0.5, 0.6) is 0 Å². The van der Waals surface area contributed by atoms with E-state index in [9.17, 15) is 8.42 Å². The van der Waals surface area contributed by atoms with Gasteiger partial charge in [0.15, 0.2) is 6.39 Å². The van der Waals surface area contributed by atoms with Gasteiger partial charge in [-0.25, -0.2) is 18.1 Å². The first-order chi connectivity index (χ1) is 9.03. The highest BCUT2D eigenvalue weighted by molar-refractivity contribution is 7.89. The Morgan fingerprint density at radius 3 is 2.47 bits per heavy atom. The average molecular weight is 280 g/mol. The molecule has 0 amide bonds. The van der Waals surface area contributed by atoms with Gasteiger partial charge in [-0.3, -0.25) is 0 Å². The topological polar surface area (TPSA) is 72.2 Å². The van der Waals surface area contributed by atoms with E-state index in [0.717, 1.165) is 12.0 Å². The van der Waals surface area contributed by atoms with Crippen molar-refractivity contribution in [2.45, 2.75) is 31.7 Å². The number of oxazole rings is 1. The summed E-state index contributed by atoms with van der Waals surface area (Å²) >= 11 is 0. The van der Waals surface area contributed by atoms with E-state index < -0.39 is 10.0 Å². The Bertz CT molecular complexity index is 645.